The Morgan fingerprint density at radius 1 is 1.09 bits per heavy atom. The molecule has 0 radical (unpaired) electrons. The van der Waals surface area contributed by atoms with Crippen molar-refractivity contribution in [3.63, 3.8) is 0 Å². The second-order valence-electron chi connectivity index (χ2n) is 10.9. The number of carbonyl (C=O) groups is 1. The summed E-state index contributed by atoms with van der Waals surface area (Å²) in [5, 5.41) is 0.459. The maximum absolute atomic E-state index is 13.1. The number of likely N-dealkylation sites (tertiary alicyclic amines) is 1. The number of fused-ring (bicyclic) bond motifs is 2. The van der Waals surface area contributed by atoms with Crippen molar-refractivity contribution in [2.75, 3.05) is 6.54 Å². The van der Waals surface area contributed by atoms with Gasteiger partial charge < -0.3 is 9.64 Å². The van der Waals surface area contributed by atoms with E-state index in [1.807, 2.05) is 24.3 Å². The van der Waals surface area contributed by atoms with Crippen molar-refractivity contribution in [2.45, 2.75) is 58.9 Å². The van der Waals surface area contributed by atoms with Crippen LogP contribution in [0.25, 0.3) is 0 Å². The molecule has 5 nitrogen and oxygen atoms in total. The van der Waals surface area contributed by atoms with Crippen LogP contribution < -0.4 is 4.74 Å². The zero-order valence-electron chi connectivity index (χ0n) is 19.9. The molecule has 1 aliphatic heterocycles. The summed E-state index contributed by atoms with van der Waals surface area (Å²) in [6.07, 6.45) is 4.33. The van der Waals surface area contributed by atoms with Crippen LogP contribution in [0.4, 0.5) is 4.39 Å². The van der Waals surface area contributed by atoms with E-state index < -0.39 is 0 Å². The van der Waals surface area contributed by atoms with Gasteiger partial charge >= 0.3 is 0 Å². The van der Waals surface area contributed by atoms with Crippen LogP contribution in [0.1, 0.15) is 57.0 Å². The van der Waals surface area contributed by atoms with Gasteiger partial charge in [-0.25, -0.2) is 4.39 Å². The van der Waals surface area contributed by atoms with E-state index in [4.69, 9.17) is 4.74 Å². The second-order valence-corrected chi connectivity index (χ2v) is 11.7. The highest BCUT2D eigenvalue weighted by molar-refractivity contribution is 7.07. The van der Waals surface area contributed by atoms with Crippen LogP contribution in [-0.4, -0.2) is 32.8 Å². The molecule has 34 heavy (non-hydrogen) atoms. The van der Waals surface area contributed by atoms with Gasteiger partial charge in [-0.3, -0.25) is 4.79 Å². The molecule has 1 amide bonds. The van der Waals surface area contributed by atoms with Gasteiger partial charge in [0, 0.05) is 30.5 Å². The lowest BCUT2D eigenvalue weighted by Crippen LogP contribution is -2.38. The number of hydrogen-bond donors (Lipinski definition) is 0. The molecule has 0 spiro atoms. The van der Waals surface area contributed by atoms with Crippen molar-refractivity contribution in [1.29, 1.82) is 0 Å². The first kappa shape index (κ1) is 23.0. The summed E-state index contributed by atoms with van der Waals surface area (Å²) in [5.74, 6) is 1.26. The van der Waals surface area contributed by atoms with Gasteiger partial charge in [0.1, 0.15) is 11.6 Å². The molecule has 7 heteroatoms. The topological polar surface area (TPSA) is 55.3 Å². The first-order chi connectivity index (χ1) is 16.2. The Morgan fingerprint density at radius 2 is 1.79 bits per heavy atom. The summed E-state index contributed by atoms with van der Waals surface area (Å²) < 4.78 is 23.3. The van der Waals surface area contributed by atoms with Crippen molar-refractivity contribution in [1.82, 2.24) is 14.3 Å². The lowest BCUT2D eigenvalue weighted by atomic mass is 9.65. The highest BCUT2D eigenvalue weighted by atomic mass is 32.1. The van der Waals surface area contributed by atoms with Gasteiger partial charge in [0.2, 0.25) is 5.91 Å². The number of amides is 1. The van der Waals surface area contributed by atoms with Crippen molar-refractivity contribution in [3.05, 3.63) is 71.3 Å². The fraction of sp³-hybridized carbons (Fsp3) is 0.444. The van der Waals surface area contributed by atoms with Gasteiger partial charge in [0.25, 0.3) is 5.19 Å². The molecule has 2 aliphatic rings. The molecular formula is C27H30FN3O2S. The molecule has 1 aromatic heterocycles. The van der Waals surface area contributed by atoms with E-state index in [1.165, 1.54) is 30.1 Å². The van der Waals surface area contributed by atoms with Gasteiger partial charge in [-0.1, -0.05) is 45.0 Å². The Kier molecular flexibility index (Phi) is 5.92. The number of benzene rings is 2. The largest absolute Gasteiger partial charge is 0.430 e. The van der Waals surface area contributed by atoms with Gasteiger partial charge in [-0.15, -0.1) is 0 Å². The Hall–Kier alpha value is -2.80. The molecule has 0 N–H and O–H groups in total. The molecule has 2 fully saturated rings. The van der Waals surface area contributed by atoms with Crippen LogP contribution in [0.2, 0.25) is 0 Å². The molecule has 2 unspecified atom stereocenters. The van der Waals surface area contributed by atoms with Gasteiger partial charge in [0.15, 0.2) is 5.82 Å². The molecule has 1 aliphatic carbocycles. The number of ether oxygens (including phenoxy) is 1. The smallest absolute Gasteiger partial charge is 0.298 e. The molecule has 1 saturated heterocycles. The summed E-state index contributed by atoms with van der Waals surface area (Å²) >= 11 is 1.19. The number of rotatable bonds is 6. The van der Waals surface area contributed by atoms with E-state index in [0.29, 0.717) is 41.1 Å². The van der Waals surface area contributed by atoms with Crippen LogP contribution in [0.3, 0.4) is 0 Å². The monoisotopic (exact) mass is 479 g/mol. The summed E-state index contributed by atoms with van der Waals surface area (Å²) in [6, 6.07) is 14.3. The quantitative estimate of drug-likeness (QED) is 0.433. The van der Waals surface area contributed by atoms with E-state index in [-0.39, 0.29) is 17.1 Å². The van der Waals surface area contributed by atoms with Gasteiger partial charge in [-0.05, 0) is 65.5 Å². The summed E-state index contributed by atoms with van der Waals surface area (Å²) in [6.45, 7) is 7.86. The summed E-state index contributed by atoms with van der Waals surface area (Å²) in [7, 11) is 0. The van der Waals surface area contributed by atoms with E-state index >= 15 is 0 Å². The molecule has 5 rings (SSSR count). The maximum atomic E-state index is 13.1. The highest BCUT2D eigenvalue weighted by Crippen LogP contribution is 2.52. The second kappa shape index (κ2) is 8.77. The third-order valence-corrected chi connectivity index (χ3v) is 7.58. The molecule has 2 heterocycles. The predicted octanol–water partition coefficient (Wildman–Crippen LogP) is 6.03. The van der Waals surface area contributed by atoms with Crippen LogP contribution in [0.15, 0.2) is 48.5 Å². The minimum Gasteiger partial charge on any atom is -0.430 e. The number of aromatic nitrogens is 2. The average Bonchev–Trinajstić information content (AvgIpc) is 3.31. The van der Waals surface area contributed by atoms with Gasteiger partial charge in [-0.2, -0.15) is 9.36 Å². The third-order valence-electron chi connectivity index (χ3n) is 6.94. The third kappa shape index (κ3) is 5.14. The highest BCUT2D eigenvalue weighted by Gasteiger charge is 2.50. The van der Waals surface area contributed by atoms with Crippen LogP contribution in [0.5, 0.6) is 10.9 Å². The Balaban J connectivity index is 1.17. The minimum atomic E-state index is -0.259. The lowest BCUT2D eigenvalue weighted by Gasteiger charge is -2.39. The van der Waals surface area contributed by atoms with Crippen molar-refractivity contribution < 1.29 is 13.9 Å². The fourth-order valence-corrected chi connectivity index (χ4v) is 6.51. The predicted molar refractivity (Wildman–Crippen MR) is 131 cm³/mol. The molecular weight excluding hydrogens is 449 g/mol. The number of halogens is 1. The molecule has 3 aromatic rings. The number of carbonyl (C=O) groups excluding carboxylic acids is 1. The van der Waals surface area contributed by atoms with Crippen LogP contribution in [-0.2, 0) is 17.6 Å². The Bertz CT molecular complexity index is 1180. The SMILES string of the molecule is CC1(C)CC2CC(C)(CN2C(=O)Cc2ccc(Oc3nc(Cc4ccc(F)cc4)ns3)cc2)C1. The van der Waals surface area contributed by atoms with Crippen LogP contribution in [0, 0.1) is 16.6 Å². The van der Waals surface area contributed by atoms with Crippen molar-refractivity contribution in [3.8, 4) is 10.9 Å². The Morgan fingerprint density at radius 3 is 2.53 bits per heavy atom. The number of nitrogens with zero attached hydrogens (tertiary/aromatic N) is 3. The first-order valence-electron chi connectivity index (χ1n) is 11.8. The zero-order chi connectivity index (χ0) is 23.9. The molecule has 2 bridgehead atoms. The van der Waals surface area contributed by atoms with Crippen molar-refractivity contribution in [2.24, 2.45) is 10.8 Å². The first-order valence-corrected chi connectivity index (χ1v) is 12.6. The molecule has 1 saturated carbocycles. The van der Waals surface area contributed by atoms with Crippen molar-refractivity contribution >= 4 is 17.4 Å². The molecule has 178 valence electrons. The van der Waals surface area contributed by atoms with E-state index in [0.717, 1.165) is 30.5 Å². The van der Waals surface area contributed by atoms with E-state index in [2.05, 4.69) is 35.0 Å². The normalized spacial score (nSPS) is 23.2. The minimum absolute atomic E-state index is 0.217. The summed E-state index contributed by atoms with van der Waals surface area (Å²) in [4.78, 5) is 19.7. The Labute approximate surface area is 204 Å². The summed E-state index contributed by atoms with van der Waals surface area (Å²) in [5.41, 5.74) is 2.48. The average molecular weight is 480 g/mol. The molecule has 2 aromatic carbocycles. The van der Waals surface area contributed by atoms with E-state index in [1.54, 1.807) is 12.1 Å². The maximum Gasteiger partial charge on any atom is 0.298 e. The zero-order valence-corrected chi connectivity index (χ0v) is 20.7. The molecule has 2 atom stereocenters. The van der Waals surface area contributed by atoms with Crippen LogP contribution >= 0.6 is 11.5 Å². The number of hydrogen-bond acceptors (Lipinski definition) is 5. The standard InChI is InChI=1S/C27H30FN3O2S/c1-26(2)14-21-15-27(3,16-26)17-31(21)24(32)13-19-6-10-22(11-7-19)33-25-29-23(30-34-25)12-18-4-8-20(28)9-5-18/h4-11,21H,12-17H2,1-3H3. The van der Waals surface area contributed by atoms with Gasteiger partial charge in [0.05, 0.1) is 6.42 Å². The fourth-order valence-electron chi connectivity index (χ4n) is 5.94. The lowest BCUT2D eigenvalue weighted by molar-refractivity contribution is -0.131. The van der Waals surface area contributed by atoms with E-state index in [9.17, 15) is 9.18 Å².